The molecule has 26 heavy (non-hydrogen) atoms. The third-order valence-electron chi connectivity index (χ3n) is 4.47. The molecule has 1 N–H and O–H groups in total. The Morgan fingerprint density at radius 2 is 1.77 bits per heavy atom. The number of para-hydroxylation sites is 1. The largest absolute Gasteiger partial charge is 0.506 e. The molecule has 0 saturated carbocycles. The van der Waals surface area contributed by atoms with Crippen LogP contribution in [0.25, 0.3) is 10.9 Å². The fourth-order valence-corrected chi connectivity index (χ4v) is 2.76. The molecule has 2 aromatic carbocycles. The second-order valence-corrected chi connectivity index (χ2v) is 6.86. The average Bonchev–Trinajstić information content (AvgIpc) is 2.62. The van der Waals surface area contributed by atoms with E-state index in [1.54, 1.807) is 31.2 Å². The zero-order chi connectivity index (χ0) is 18.9. The first-order chi connectivity index (χ1) is 12.3. The number of pyridine rings is 1. The summed E-state index contributed by atoms with van der Waals surface area (Å²) in [6.07, 6.45) is 0. The maximum absolute atomic E-state index is 11.6. The monoisotopic (exact) mass is 347 g/mol. The lowest BCUT2D eigenvalue weighted by Crippen LogP contribution is -2.20. The summed E-state index contributed by atoms with van der Waals surface area (Å²) in [5.41, 5.74) is 2.43. The lowest BCUT2D eigenvalue weighted by Gasteiger charge is -2.25. The highest BCUT2D eigenvalue weighted by Crippen LogP contribution is 2.33. The van der Waals surface area contributed by atoms with Crippen molar-refractivity contribution in [2.24, 2.45) is 0 Å². The minimum atomic E-state index is -0.441. The van der Waals surface area contributed by atoms with Crippen LogP contribution in [-0.2, 0) is 10.2 Å². The molecule has 0 spiro atoms. The van der Waals surface area contributed by atoms with Crippen LogP contribution in [0.15, 0.2) is 66.7 Å². The molecule has 0 fully saturated rings. The van der Waals surface area contributed by atoms with Crippen LogP contribution in [0.2, 0.25) is 0 Å². The number of esters is 1. The molecule has 1 aromatic heterocycles. The first-order valence-corrected chi connectivity index (χ1v) is 8.36. The minimum absolute atomic E-state index is 0.169. The topological polar surface area (TPSA) is 59.4 Å². The van der Waals surface area contributed by atoms with Gasteiger partial charge in [-0.05, 0) is 36.8 Å². The lowest BCUT2D eigenvalue weighted by molar-refractivity contribution is -0.130. The van der Waals surface area contributed by atoms with Crippen LogP contribution in [0.5, 0.6) is 11.5 Å². The summed E-state index contributed by atoms with van der Waals surface area (Å²) in [4.78, 5) is 16.3. The van der Waals surface area contributed by atoms with E-state index >= 15 is 0 Å². The van der Waals surface area contributed by atoms with Crippen molar-refractivity contribution in [1.29, 1.82) is 0 Å². The molecule has 132 valence electrons. The SMILES string of the molecule is C=C(C)C(=O)Oc1ccc(C(C)(C)c2ccc3cccc(O)c3n2)cc1. The maximum Gasteiger partial charge on any atom is 0.338 e. The Morgan fingerprint density at radius 1 is 1.08 bits per heavy atom. The van der Waals surface area contributed by atoms with E-state index in [4.69, 9.17) is 4.74 Å². The number of rotatable bonds is 4. The van der Waals surface area contributed by atoms with Gasteiger partial charge in [-0.1, -0.05) is 50.8 Å². The number of hydrogen-bond donors (Lipinski definition) is 1. The van der Waals surface area contributed by atoms with Gasteiger partial charge in [-0.2, -0.15) is 0 Å². The van der Waals surface area contributed by atoms with Crippen molar-refractivity contribution in [3.05, 3.63) is 78.0 Å². The molecule has 3 rings (SSSR count). The lowest BCUT2D eigenvalue weighted by atomic mass is 9.81. The number of ether oxygens (including phenoxy) is 1. The first kappa shape index (κ1) is 17.7. The smallest absolute Gasteiger partial charge is 0.338 e. The van der Waals surface area contributed by atoms with Gasteiger partial charge in [-0.25, -0.2) is 9.78 Å². The predicted molar refractivity (Wildman–Crippen MR) is 102 cm³/mol. The summed E-state index contributed by atoms with van der Waals surface area (Å²) in [5, 5.41) is 11.0. The highest BCUT2D eigenvalue weighted by Gasteiger charge is 2.25. The minimum Gasteiger partial charge on any atom is -0.506 e. The van der Waals surface area contributed by atoms with Gasteiger partial charge in [0.15, 0.2) is 0 Å². The van der Waals surface area contributed by atoms with E-state index in [9.17, 15) is 9.90 Å². The number of carbonyl (C=O) groups excluding carboxylic acids is 1. The van der Waals surface area contributed by atoms with Crippen molar-refractivity contribution in [1.82, 2.24) is 4.98 Å². The Bertz CT molecular complexity index is 988. The van der Waals surface area contributed by atoms with Crippen LogP contribution < -0.4 is 4.74 Å². The molecule has 0 unspecified atom stereocenters. The summed E-state index contributed by atoms with van der Waals surface area (Å²) in [6, 6.07) is 16.6. The summed E-state index contributed by atoms with van der Waals surface area (Å²) in [7, 11) is 0. The van der Waals surface area contributed by atoms with Crippen molar-refractivity contribution in [3.63, 3.8) is 0 Å². The molecule has 0 amide bonds. The maximum atomic E-state index is 11.6. The standard InChI is InChI=1S/C22H21NO3/c1-14(2)21(25)26-17-11-9-16(10-12-17)22(3,4)19-13-8-15-6-5-7-18(24)20(15)23-19/h5-13,24H,1H2,2-4H3. The van der Waals surface area contributed by atoms with Crippen molar-refractivity contribution < 1.29 is 14.6 Å². The Morgan fingerprint density at radius 3 is 2.42 bits per heavy atom. The Kier molecular flexibility index (Phi) is 4.51. The zero-order valence-electron chi connectivity index (χ0n) is 15.1. The van der Waals surface area contributed by atoms with E-state index in [2.05, 4.69) is 25.4 Å². The normalized spacial score (nSPS) is 11.3. The quantitative estimate of drug-likeness (QED) is 0.420. The molecule has 0 aliphatic carbocycles. The van der Waals surface area contributed by atoms with Crippen molar-refractivity contribution in [2.45, 2.75) is 26.2 Å². The van der Waals surface area contributed by atoms with Gasteiger partial charge in [0.2, 0.25) is 0 Å². The summed E-state index contributed by atoms with van der Waals surface area (Å²) < 4.78 is 5.24. The first-order valence-electron chi connectivity index (χ1n) is 8.36. The van der Waals surface area contributed by atoms with Crippen LogP contribution in [0, 0.1) is 0 Å². The summed E-state index contributed by atoms with van der Waals surface area (Å²) >= 11 is 0. The van der Waals surface area contributed by atoms with E-state index in [1.165, 1.54) is 0 Å². The molecular weight excluding hydrogens is 326 g/mol. The molecule has 0 aliphatic heterocycles. The second-order valence-electron chi connectivity index (χ2n) is 6.86. The van der Waals surface area contributed by atoms with Crippen molar-refractivity contribution >= 4 is 16.9 Å². The van der Waals surface area contributed by atoms with Gasteiger partial charge in [0.05, 0.1) is 5.69 Å². The Balaban J connectivity index is 1.93. The number of hydrogen-bond acceptors (Lipinski definition) is 4. The number of nitrogens with zero attached hydrogens (tertiary/aromatic N) is 1. The van der Waals surface area contributed by atoms with Crippen LogP contribution in [0.3, 0.4) is 0 Å². The molecule has 0 atom stereocenters. The molecule has 4 nitrogen and oxygen atoms in total. The van der Waals surface area contributed by atoms with E-state index in [-0.39, 0.29) is 11.2 Å². The second kappa shape index (κ2) is 6.64. The van der Waals surface area contributed by atoms with Gasteiger partial charge in [0, 0.05) is 16.4 Å². The number of aromatic nitrogens is 1. The highest BCUT2D eigenvalue weighted by molar-refractivity contribution is 5.88. The molecule has 4 heteroatoms. The molecule has 0 bridgehead atoms. The van der Waals surface area contributed by atoms with Crippen molar-refractivity contribution in [3.8, 4) is 11.5 Å². The fraction of sp³-hybridized carbons (Fsp3) is 0.182. The van der Waals surface area contributed by atoms with Crippen molar-refractivity contribution in [2.75, 3.05) is 0 Å². The third-order valence-corrected chi connectivity index (χ3v) is 4.47. The zero-order valence-corrected chi connectivity index (χ0v) is 15.1. The number of carbonyl (C=O) groups is 1. The van der Waals surface area contributed by atoms with Gasteiger partial charge in [0.1, 0.15) is 17.0 Å². The predicted octanol–water partition coefficient (Wildman–Crippen LogP) is 4.75. The Labute approximate surface area is 152 Å². The molecule has 1 heterocycles. The number of phenols is 1. The van der Waals surface area contributed by atoms with Gasteiger partial charge in [-0.3, -0.25) is 0 Å². The van der Waals surface area contributed by atoms with Gasteiger partial charge in [-0.15, -0.1) is 0 Å². The summed E-state index contributed by atoms with van der Waals surface area (Å²) in [5.74, 6) is 0.201. The molecule has 3 aromatic rings. The van der Waals surface area contributed by atoms with E-state index < -0.39 is 5.97 Å². The van der Waals surface area contributed by atoms with Gasteiger partial charge < -0.3 is 9.84 Å². The van der Waals surface area contributed by atoms with Gasteiger partial charge >= 0.3 is 5.97 Å². The molecule has 0 radical (unpaired) electrons. The van der Waals surface area contributed by atoms with Gasteiger partial charge in [0.25, 0.3) is 0 Å². The van der Waals surface area contributed by atoms with Crippen LogP contribution in [-0.4, -0.2) is 16.1 Å². The number of fused-ring (bicyclic) bond motifs is 1. The van der Waals surface area contributed by atoms with E-state index in [1.807, 2.05) is 30.3 Å². The summed E-state index contributed by atoms with van der Waals surface area (Å²) in [6.45, 7) is 9.32. The third kappa shape index (κ3) is 3.31. The van der Waals surface area contributed by atoms with Crippen LogP contribution in [0.4, 0.5) is 0 Å². The van der Waals surface area contributed by atoms with Crippen LogP contribution >= 0.6 is 0 Å². The number of phenolic OH excluding ortho intramolecular Hbond substituents is 1. The Hall–Kier alpha value is -3.14. The van der Waals surface area contributed by atoms with E-state index in [0.717, 1.165) is 16.6 Å². The number of benzene rings is 2. The van der Waals surface area contributed by atoms with E-state index in [0.29, 0.717) is 16.8 Å². The molecule has 0 aliphatic rings. The highest BCUT2D eigenvalue weighted by atomic mass is 16.5. The molecule has 0 saturated heterocycles. The average molecular weight is 347 g/mol. The number of aromatic hydroxyl groups is 1. The fourth-order valence-electron chi connectivity index (χ4n) is 2.76. The molecular formula is C22H21NO3. The van der Waals surface area contributed by atoms with Crippen LogP contribution in [0.1, 0.15) is 32.0 Å².